The molecule has 10 heteroatoms. The van der Waals surface area contributed by atoms with Crippen LogP contribution in [0.2, 0.25) is 5.02 Å². The second-order valence-corrected chi connectivity index (χ2v) is 6.68. The third kappa shape index (κ3) is 5.26. The van der Waals surface area contributed by atoms with Crippen LogP contribution in [-0.2, 0) is 7.05 Å². The summed E-state index contributed by atoms with van der Waals surface area (Å²) in [4.78, 5) is 16.5. The van der Waals surface area contributed by atoms with Gasteiger partial charge in [-0.2, -0.15) is 18.3 Å². The number of carbonyl (C=O) groups excluding carboxylic acids is 1. The number of pyridine rings is 1. The average Bonchev–Trinajstić information content (AvgIpc) is 2.99. The number of amides is 1. The summed E-state index contributed by atoms with van der Waals surface area (Å²) in [7, 11) is 1.69. The number of benzene rings is 1. The standard InChI is InChI=1S/C19H16ClF3N4O2/c1-11-16(9-27(2)26-11)17(28)25-14-7-15(12-3-5-13(20)6-4-12)18(24-8-14)29-10-19(21,22)23/h3-9H,10H2,1-2H3,(H,25,28). The zero-order valence-electron chi connectivity index (χ0n) is 15.4. The number of anilines is 1. The molecule has 3 aromatic rings. The quantitative estimate of drug-likeness (QED) is 0.648. The molecular formula is C19H16ClF3N4O2. The number of alkyl halides is 3. The van der Waals surface area contributed by atoms with E-state index in [0.29, 0.717) is 27.5 Å². The Balaban J connectivity index is 1.93. The number of nitrogens with zero attached hydrogens (tertiary/aromatic N) is 3. The largest absolute Gasteiger partial charge is 0.468 e. The van der Waals surface area contributed by atoms with Crippen LogP contribution >= 0.6 is 11.6 Å². The van der Waals surface area contributed by atoms with Crippen molar-refractivity contribution in [1.82, 2.24) is 14.8 Å². The van der Waals surface area contributed by atoms with E-state index in [9.17, 15) is 18.0 Å². The van der Waals surface area contributed by atoms with Crippen molar-refractivity contribution in [2.45, 2.75) is 13.1 Å². The van der Waals surface area contributed by atoms with Crippen molar-refractivity contribution in [2.24, 2.45) is 7.05 Å². The zero-order chi connectivity index (χ0) is 21.2. The van der Waals surface area contributed by atoms with E-state index in [2.05, 4.69) is 15.4 Å². The topological polar surface area (TPSA) is 69.0 Å². The molecule has 2 heterocycles. The predicted octanol–water partition coefficient (Wildman–Crippen LogP) is 4.64. The van der Waals surface area contributed by atoms with Gasteiger partial charge in [0.05, 0.1) is 23.1 Å². The monoisotopic (exact) mass is 424 g/mol. The number of carbonyl (C=O) groups is 1. The van der Waals surface area contributed by atoms with E-state index in [1.54, 1.807) is 44.4 Å². The van der Waals surface area contributed by atoms with E-state index in [4.69, 9.17) is 16.3 Å². The highest BCUT2D eigenvalue weighted by Gasteiger charge is 2.29. The van der Waals surface area contributed by atoms with Crippen LogP contribution in [-0.4, -0.2) is 33.5 Å². The molecule has 0 spiro atoms. The van der Waals surface area contributed by atoms with Gasteiger partial charge in [0.15, 0.2) is 6.61 Å². The molecule has 29 heavy (non-hydrogen) atoms. The number of aromatic nitrogens is 3. The molecule has 152 valence electrons. The number of rotatable bonds is 5. The van der Waals surface area contributed by atoms with Crippen molar-refractivity contribution in [1.29, 1.82) is 0 Å². The second kappa shape index (κ2) is 8.12. The lowest BCUT2D eigenvalue weighted by Gasteiger charge is -2.14. The first kappa shape index (κ1) is 20.7. The summed E-state index contributed by atoms with van der Waals surface area (Å²) in [6.07, 6.45) is -1.71. The fourth-order valence-electron chi connectivity index (χ4n) is 2.64. The van der Waals surface area contributed by atoms with Gasteiger partial charge in [0, 0.05) is 23.8 Å². The van der Waals surface area contributed by atoms with Crippen LogP contribution < -0.4 is 10.1 Å². The Labute approximate surface area is 169 Å². The summed E-state index contributed by atoms with van der Waals surface area (Å²) in [6, 6.07) is 7.92. The molecule has 1 aromatic carbocycles. The normalized spacial score (nSPS) is 11.4. The molecule has 1 amide bonds. The zero-order valence-corrected chi connectivity index (χ0v) is 16.2. The summed E-state index contributed by atoms with van der Waals surface area (Å²) in [6.45, 7) is 0.210. The van der Waals surface area contributed by atoms with Gasteiger partial charge in [-0.3, -0.25) is 9.48 Å². The van der Waals surface area contributed by atoms with Gasteiger partial charge in [-0.1, -0.05) is 23.7 Å². The summed E-state index contributed by atoms with van der Waals surface area (Å²) < 4.78 is 44.1. The SMILES string of the molecule is Cc1nn(C)cc1C(=O)Nc1cnc(OCC(F)(F)F)c(-c2ccc(Cl)cc2)c1. The van der Waals surface area contributed by atoms with E-state index in [1.807, 2.05) is 0 Å². The summed E-state index contributed by atoms with van der Waals surface area (Å²) in [5.74, 6) is -0.622. The van der Waals surface area contributed by atoms with Crippen LogP contribution in [0.3, 0.4) is 0 Å². The lowest BCUT2D eigenvalue weighted by atomic mass is 10.1. The number of nitrogens with one attached hydrogen (secondary N) is 1. The molecule has 1 N–H and O–H groups in total. The Kier molecular flexibility index (Phi) is 5.78. The van der Waals surface area contributed by atoms with Crippen molar-refractivity contribution in [3.8, 4) is 17.0 Å². The maximum absolute atomic E-state index is 12.6. The Morgan fingerprint density at radius 2 is 1.97 bits per heavy atom. The summed E-state index contributed by atoms with van der Waals surface area (Å²) >= 11 is 5.88. The van der Waals surface area contributed by atoms with Gasteiger partial charge < -0.3 is 10.1 Å². The van der Waals surface area contributed by atoms with Gasteiger partial charge in [0.2, 0.25) is 5.88 Å². The Morgan fingerprint density at radius 1 is 1.28 bits per heavy atom. The Hall–Kier alpha value is -3.07. The van der Waals surface area contributed by atoms with Crippen LogP contribution in [0.25, 0.3) is 11.1 Å². The van der Waals surface area contributed by atoms with Crippen LogP contribution in [0.15, 0.2) is 42.7 Å². The Bertz CT molecular complexity index is 1030. The lowest BCUT2D eigenvalue weighted by Crippen LogP contribution is -2.20. The van der Waals surface area contributed by atoms with Crippen molar-refractivity contribution in [3.63, 3.8) is 0 Å². The number of halogens is 4. The highest BCUT2D eigenvalue weighted by molar-refractivity contribution is 6.30. The highest BCUT2D eigenvalue weighted by atomic mass is 35.5. The van der Waals surface area contributed by atoms with Gasteiger partial charge >= 0.3 is 6.18 Å². The van der Waals surface area contributed by atoms with Crippen molar-refractivity contribution >= 4 is 23.2 Å². The van der Waals surface area contributed by atoms with Crippen LogP contribution in [0.1, 0.15) is 16.1 Å². The van der Waals surface area contributed by atoms with E-state index in [0.717, 1.165) is 0 Å². The van der Waals surface area contributed by atoms with E-state index in [1.165, 1.54) is 16.9 Å². The minimum absolute atomic E-state index is 0.208. The molecule has 0 aliphatic rings. The van der Waals surface area contributed by atoms with Gasteiger partial charge in [0.1, 0.15) is 0 Å². The van der Waals surface area contributed by atoms with Crippen molar-refractivity contribution in [3.05, 3.63) is 59.0 Å². The minimum atomic E-state index is -4.51. The molecule has 3 rings (SSSR count). The molecule has 0 atom stereocenters. The van der Waals surface area contributed by atoms with Crippen LogP contribution in [0.4, 0.5) is 18.9 Å². The first-order valence-corrected chi connectivity index (χ1v) is 8.77. The molecule has 0 aliphatic carbocycles. The maximum atomic E-state index is 12.6. The number of hydrogen-bond acceptors (Lipinski definition) is 4. The van der Waals surface area contributed by atoms with Gasteiger partial charge in [-0.15, -0.1) is 0 Å². The molecule has 0 saturated heterocycles. The predicted molar refractivity (Wildman–Crippen MR) is 102 cm³/mol. The Morgan fingerprint density at radius 3 is 2.55 bits per heavy atom. The molecule has 0 fully saturated rings. The van der Waals surface area contributed by atoms with Crippen LogP contribution in [0.5, 0.6) is 5.88 Å². The first-order chi connectivity index (χ1) is 13.6. The second-order valence-electron chi connectivity index (χ2n) is 6.24. The van der Waals surface area contributed by atoms with E-state index in [-0.39, 0.29) is 11.4 Å². The van der Waals surface area contributed by atoms with Gasteiger partial charge in [-0.05, 0) is 30.7 Å². The maximum Gasteiger partial charge on any atom is 0.422 e. The number of aryl methyl sites for hydroxylation is 2. The molecule has 0 saturated carbocycles. The summed E-state index contributed by atoms with van der Waals surface area (Å²) in [5.41, 5.74) is 2.03. The average molecular weight is 425 g/mol. The van der Waals surface area contributed by atoms with Crippen molar-refractivity contribution < 1.29 is 22.7 Å². The molecule has 0 unspecified atom stereocenters. The molecule has 6 nitrogen and oxygen atoms in total. The smallest absolute Gasteiger partial charge is 0.422 e. The van der Waals surface area contributed by atoms with Gasteiger partial charge in [0.25, 0.3) is 5.91 Å². The molecule has 0 aliphatic heterocycles. The third-order valence-electron chi connectivity index (χ3n) is 3.89. The van der Waals surface area contributed by atoms with Gasteiger partial charge in [-0.25, -0.2) is 4.98 Å². The fourth-order valence-corrected chi connectivity index (χ4v) is 2.77. The number of hydrogen-bond donors (Lipinski definition) is 1. The highest BCUT2D eigenvalue weighted by Crippen LogP contribution is 2.32. The van der Waals surface area contributed by atoms with E-state index < -0.39 is 18.7 Å². The molecule has 2 aromatic heterocycles. The van der Waals surface area contributed by atoms with Crippen molar-refractivity contribution in [2.75, 3.05) is 11.9 Å². The molecule has 0 bridgehead atoms. The summed E-state index contributed by atoms with van der Waals surface area (Å²) in [5, 5.41) is 7.25. The lowest BCUT2D eigenvalue weighted by molar-refractivity contribution is -0.154. The van der Waals surface area contributed by atoms with Crippen LogP contribution in [0, 0.1) is 6.92 Å². The van der Waals surface area contributed by atoms with E-state index >= 15 is 0 Å². The third-order valence-corrected chi connectivity index (χ3v) is 4.15. The molecule has 0 radical (unpaired) electrons. The molecular weight excluding hydrogens is 409 g/mol. The first-order valence-electron chi connectivity index (χ1n) is 8.39. The fraction of sp³-hybridized carbons (Fsp3) is 0.211. The minimum Gasteiger partial charge on any atom is -0.468 e. The number of ether oxygens (including phenoxy) is 1.